The third-order valence-corrected chi connectivity index (χ3v) is 1.89. The molecular formula is C9H8N2. The molecule has 0 bridgehead atoms. The van der Waals surface area contributed by atoms with Crippen molar-refractivity contribution < 1.29 is 0 Å². The van der Waals surface area contributed by atoms with Gasteiger partial charge >= 0.3 is 0 Å². The maximum Gasteiger partial charge on any atom is 0.0705 e. The highest BCUT2D eigenvalue weighted by atomic mass is 15.1. The normalized spacial score (nSPS) is 14.3. The minimum Gasteiger partial charge on any atom is -0.299 e. The van der Waals surface area contributed by atoms with Gasteiger partial charge in [0.05, 0.1) is 11.4 Å². The summed E-state index contributed by atoms with van der Waals surface area (Å²) >= 11 is 0. The van der Waals surface area contributed by atoms with E-state index in [-0.39, 0.29) is 0 Å². The van der Waals surface area contributed by atoms with Crippen LogP contribution in [-0.2, 0) is 6.42 Å². The fraction of sp³-hybridized carbons (Fsp3) is 0.222. The van der Waals surface area contributed by atoms with Gasteiger partial charge in [-0.1, -0.05) is 6.42 Å². The molecule has 2 heteroatoms. The first kappa shape index (κ1) is 6.23. The maximum absolute atomic E-state index is 5.30. The Balaban J connectivity index is 2.49. The highest BCUT2D eigenvalue weighted by molar-refractivity contribution is 5.58. The summed E-state index contributed by atoms with van der Waals surface area (Å²) in [6.07, 6.45) is 8.07. The van der Waals surface area contributed by atoms with Crippen LogP contribution >= 0.6 is 0 Å². The van der Waals surface area contributed by atoms with Gasteiger partial charge in [-0.25, -0.2) is 0 Å². The van der Waals surface area contributed by atoms with Crippen LogP contribution in [0, 0.1) is 12.5 Å². The first-order chi connectivity index (χ1) is 5.42. The molecule has 2 rings (SSSR count). The first-order valence-corrected chi connectivity index (χ1v) is 3.59. The second-order valence-corrected chi connectivity index (χ2v) is 2.50. The predicted molar refractivity (Wildman–Crippen MR) is 44.1 cm³/mol. The van der Waals surface area contributed by atoms with Crippen molar-refractivity contribution in [3.63, 3.8) is 0 Å². The third-order valence-electron chi connectivity index (χ3n) is 1.89. The molecule has 0 fully saturated rings. The number of aromatic nitrogens is 1. The number of anilines is 1. The fourth-order valence-corrected chi connectivity index (χ4v) is 1.34. The van der Waals surface area contributed by atoms with E-state index in [9.17, 15) is 0 Å². The van der Waals surface area contributed by atoms with Crippen molar-refractivity contribution in [2.75, 3.05) is 11.4 Å². The van der Waals surface area contributed by atoms with E-state index < -0.39 is 0 Å². The predicted octanol–water partition coefficient (Wildman–Crippen LogP) is 1.03. The van der Waals surface area contributed by atoms with E-state index in [4.69, 9.17) is 6.42 Å². The molecule has 1 aliphatic heterocycles. The van der Waals surface area contributed by atoms with Crippen LogP contribution in [0.4, 0.5) is 5.69 Å². The summed E-state index contributed by atoms with van der Waals surface area (Å²) in [5, 5.41) is 0. The number of hydrogen-bond acceptors (Lipinski definition) is 2. The Kier molecular flexibility index (Phi) is 1.29. The zero-order valence-corrected chi connectivity index (χ0v) is 6.12. The average molecular weight is 144 g/mol. The van der Waals surface area contributed by atoms with Crippen LogP contribution in [-0.4, -0.2) is 11.5 Å². The molecule has 0 amide bonds. The van der Waals surface area contributed by atoms with Gasteiger partial charge in [-0.05, 0) is 12.1 Å². The summed E-state index contributed by atoms with van der Waals surface area (Å²) in [6, 6.07) is 6.53. The van der Waals surface area contributed by atoms with Gasteiger partial charge in [0.2, 0.25) is 0 Å². The van der Waals surface area contributed by atoms with Crippen LogP contribution in [0.1, 0.15) is 5.69 Å². The molecule has 0 spiro atoms. The molecule has 54 valence electrons. The van der Waals surface area contributed by atoms with Crippen LogP contribution in [0.2, 0.25) is 0 Å². The van der Waals surface area contributed by atoms with E-state index in [1.54, 1.807) is 6.20 Å². The largest absolute Gasteiger partial charge is 0.299 e. The number of fused-ring (bicyclic) bond motifs is 1. The lowest BCUT2D eigenvalue weighted by Crippen LogP contribution is -2.11. The van der Waals surface area contributed by atoms with Gasteiger partial charge in [-0.3, -0.25) is 9.88 Å². The molecule has 0 saturated carbocycles. The Hall–Kier alpha value is -1.49. The number of pyridine rings is 1. The lowest BCUT2D eigenvalue weighted by molar-refractivity contribution is 0.988. The molecular weight excluding hydrogens is 136 g/mol. The van der Waals surface area contributed by atoms with E-state index >= 15 is 0 Å². The number of hydrogen-bond donors (Lipinski definition) is 0. The van der Waals surface area contributed by atoms with E-state index in [1.807, 2.05) is 17.0 Å². The Labute approximate surface area is 65.9 Å². The molecule has 0 N–H and O–H groups in total. The topological polar surface area (TPSA) is 16.1 Å². The van der Waals surface area contributed by atoms with Crippen molar-refractivity contribution in [3.8, 4) is 12.5 Å². The second-order valence-electron chi connectivity index (χ2n) is 2.50. The van der Waals surface area contributed by atoms with Gasteiger partial charge in [-0.2, -0.15) is 0 Å². The second kappa shape index (κ2) is 2.28. The molecule has 1 aromatic heterocycles. The summed E-state index contributed by atoms with van der Waals surface area (Å²) in [4.78, 5) is 6.11. The SMILES string of the molecule is C#CN1CCc2ncccc21. The molecule has 1 aromatic rings. The zero-order chi connectivity index (χ0) is 7.68. The van der Waals surface area contributed by atoms with Gasteiger partial charge in [-0.15, -0.1) is 0 Å². The van der Waals surface area contributed by atoms with Gasteiger partial charge < -0.3 is 0 Å². The van der Waals surface area contributed by atoms with E-state index in [0.29, 0.717) is 0 Å². The molecule has 1 aliphatic rings. The molecule has 11 heavy (non-hydrogen) atoms. The number of rotatable bonds is 0. The minimum atomic E-state index is 0.906. The number of nitrogens with zero attached hydrogens (tertiary/aromatic N) is 2. The smallest absolute Gasteiger partial charge is 0.0705 e. The van der Waals surface area contributed by atoms with Crippen molar-refractivity contribution in [1.29, 1.82) is 0 Å². The summed E-state index contributed by atoms with van der Waals surface area (Å²) in [7, 11) is 0. The summed E-state index contributed by atoms with van der Waals surface area (Å²) in [5.41, 5.74) is 2.21. The van der Waals surface area contributed by atoms with Gasteiger partial charge in [0.1, 0.15) is 0 Å². The van der Waals surface area contributed by atoms with Crippen molar-refractivity contribution >= 4 is 5.69 Å². The van der Waals surface area contributed by atoms with Crippen molar-refractivity contribution in [2.45, 2.75) is 6.42 Å². The van der Waals surface area contributed by atoms with Gasteiger partial charge in [0.15, 0.2) is 0 Å². The quantitative estimate of drug-likeness (QED) is 0.506. The lowest BCUT2D eigenvalue weighted by atomic mass is 10.3. The van der Waals surface area contributed by atoms with Crippen LogP contribution < -0.4 is 4.90 Å². The summed E-state index contributed by atoms with van der Waals surface area (Å²) in [6.45, 7) is 0.906. The van der Waals surface area contributed by atoms with Crippen LogP contribution in [0.25, 0.3) is 0 Å². The minimum absolute atomic E-state index is 0.906. The Bertz CT molecular complexity index is 312. The lowest BCUT2D eigenvalue weighted by Gasteiger charge is -2.07. The monoisotopic (exact) mass is 144 g/mol. The van der Waals surface area contributed by atoms with Crippen molar-refractivity contribution in [2.24, 2.45) is 0 Å². The average Bonchev–Trinajstić information content (AvgIpc) is 2.47. The molecule has 0 unspecified atom stereocenters. The summed E-state index contributed by atoms with van der Waals surface area (Å²) < 4.78 is 0. The molecule has 0 radical (unpaired) electrons. The van der Waals surface area contributed by atoms with Crippen LogP contribution in [0.5, 0.6) is 0 Å². The highest BCUT2D eigenvalue weighted by Gasteiger charge is 2.16. The third kappa shape index (κ3) is 0.857. The molecule has 2 nitrogen and oxygen atoms in total. The number of terminal acetylenes is 1. The van der Waals surface area contributed by atoms with Crippen molar-refractivity contribution in [3.05, 3.63) is 24.0 Å². The maximum atomic E-state index is 5.30. The molecule has 0 aromatic carbocycles. The van der Waals surface area contributed by atoms with Gasteiger partial charge in [0.25, 0.3) is 0 Å². The fourth-order valence-electron chi connectivity index (χ4n) is 1.34. The van der Waals surface area contributed by atoms with Crippen molar-refractivity contribution in [1.82, 2.24) is 4.98 Å². The Morgan fingerprint density at radius 1 is 1.64 bits per heavy atom. The first-order valence-electron chi connectivity index (χ1n) is 3.59. The Morgan fingerprint density at radius 2 is 2.55 bits per heavy atom. The van der Waals surface area contributed by atoms with Gasteiger partial charge in [0, 0.05) is 25.2 Å². The molecule has 0 aliphatic carbocycles. The van der Waals surface area contributed by atoms with Crippen LogP contribution in [0.3, 0.4) is 0 Å². The molecule has 0 atom stereocenters. The highest BCUT2D eigenvalue weighted by Crippen LogP contribution is 2.23. The van der Waals surface area contributed by atoms with E-state index in [1.165, 1.54) is 0 Å². The van der Waals surface area contributed by atoms with E-state index in [0.717, 1.165) is 24.3 Å². The van der Waals surface area contributed by atoms with E-state index in [2.05, 4.69) is 11.0 Å². The standard InChI is InChI=1S/C9H8N2/c1-2-11-7-5-8-9(11)4-3-6-10-8/h1,3-4,6H,5,7H2. The zero-order valence-electron chi connectivity index (χ0n) is 6.12. The summed E-state index contributed by atoms with van der Waals surface area (Å²) in [5.74, 6) is 0. The molecule has 2 heterocycles. The van der Waals surface area contributed by atoms with Crippen LogP contribution in [0.15, 0.2) is 18.3 Å². The Morgan fingerprint density at radius 3 is 3.36 bits per heavy atom. The molecule has 0 saturated heterocycles.